The van der Waals surface area contributed by atoms with E-state index in [1.807, 2.05) is 30.7 Å². The third-order valence-corrected chi connectivity index (χ3v) is 3.07. The van der Waals surface area contributed by atoms with Gasteiger partial charge in [0.2, 0.25) is 5.95 Å². The van der Waals surface area contributed by atoms with Crippen LogP contribution in [0.3, 0.4) is 0 Å². The predicted molar refractivity (Wildman–Crippen MR) is 75.2 cm³/mol. The van der Waals surface area contributed by atoms with Gasteiger partial charge in [-0.15, -0.1) is 0 Å². The van der Waals surface area contributed by atoms with Crippen molar-refractivity contribution in [2.75, 3.05) is 19.0 Å². The summed E-state index contributed by atoms with van der Waals surface area (Å²) in [5.41, 5.74) is 1.20. The second-order valence-electron chi connectivity index (χ2n) is 4.62. The minimum atomic E-state index is 0.211. The first kappa shape index (κ1) is 13.5. The molecular weight excluding hydrogens is 240 g/mol. The van der Waals surface area contributed by atoms with Crippen LogP contribution >= 0.6 is 0 Å². The Balaban J connectivity index is 2.15. The van der Waals surface area contributed by atoms with Gasteiger partial charge in [0, 0.05) is 37.9 Å². The minimum absolute atomic E-state index is 0.211. The Labute approximate surface area is 113 Å². The summed E-state index contributed by atoms with van der Waals surface area (Å²) in [5, 5.41) is 3.35. The molecule has 0 amide bonds. The molecule has 0 aromatic carbocycles. The molecule has 2 atom stereocenters. The van der Waals surface area contributed by atoms with Gasteiger partial charge in [0.25, 0.3) is 0 Å². The van der Waals surface area contributed by atoms with Crippen molar-refractivity contribution in [3.63, 3.8) is 0 Å². The lowest BCUT2D eigenvalue weighted by Gasteiger charge is -2.19. The monoisotopic (exact) mass is 260 g/mol. The van der Waals surface area contributed by atoms with Gasteiger partial charge in [0.15, 0.2) is 0 Å². The zero-order chi connectivity index (χ0) is 13.7. The van der Waals surface area contributed by atoms with Gasteiger partial charge in [-0.05, 0) is 31.5 Å². The highest BCUT2D eigenvalue weighted by Crippen LogP contribution is 2.21. The fourth-order valence-corrected chi connectivity index (χ4v) is 2.05. The van der Waals surface area contributed by atoms with E-state index in [4.69, 9.17) is 4.74 Å². The molecule has 2 unspecified atom stereocenters. The number of methoxy groups -OCH3 is 1. The fraction of sp³-hybridized carbons (Fsp3) is 0.429. The summed E-state index contributed by atoms with van der Waals surface area (Å²) < 4.78 is 7.24. The molecule has 0 saturated heterocycles. The van der Waals surface area contributed by atoms with Crippen LogP contribution in [-0.4, -0.2) is 34.3 Å². The number of hydrogen-bond donors (Lipinski definition) is 1. The van der Waals surface area contributed by atoms with Crippen LogP contribution in [0.15, 0.2) is 36.9 Å². The van der Waals surface area contributed by atoms with Crippen molar-refractivity contribution in [3.8, 4) is 0 Å². The molecule has 5 nitrogen and oxygen atoms in total. The SMILES string of the molecule is COCC(C)Nc1nccn1C(C)c1ccncc1. The summed E-state index contributed by atoms with van der Waals surface area (Å²) in [6, 6.07) is 4.47. The molecule has 2 rings (SSSR count). The zero-order valence-electron chi connectivity index (χ0n) is 11.6. The zero-order valence-corrected chi connectivity index (χ0v) is 11.6. The lowest BCUT2D eigenvalue weighted by atomic mass is 10.1. The van der Waals surface area contributed by atoms with E-state index in [2.05, 4.69) is 33.7 Å². The van der Waals surface area contributed by atoms with Crippen molar-refractivity contribution in [2.24, 2.45) is 0 Å². The number of anilines is 1. The molecule has 0 fully saturated rings. The van der Waals surface area contributed by atoms with Gasteiger partial charge in [0.1, 0.15) is 0 Å². The van der Waals surface area contributed by atoms with Crippen molar-refractivity contribution in [2.45, 2.75) is 25.9 Å². The van der Waals surface area contributed by atoms with Crippen LogP contribution in [0.25, 0.3) is 0 Å². The summed E-state index contributed by atoms with van der Waals surface area (Å²) in [6.45, 7) is 4.86. The van der Waals surface area contributed by atoms with E-state index < -0.39 is 0 Å². The molecule has 0 aliphatic heterocycles. The van der Waals surface area contributed by atoms with Gasteiger partial charge in [-0.1, -0.05) is 0 Å². The van der Waals surface area contributed by atoms with Crippen LogP contribution in [0.4, 0.5) is 5.95 Å². The Hall–Kier alpha value is -1.88. The van der Waals surface area contributed by atoms with E-state index in [1.54, 1.807) is 13.3 Å². The lowest BCUT2D eigenvalue weighted by molar-refractivity contribution is 0.190. The third kappa shape index (κ3) is 3.32. The molecule has 0 bridgehead atoms. The van der Waals surface area contributed by atoms with Crippen LogP contribution in [-0.2, 0) is 4.74 Å². The molecule has 0 saturated carbocycles. The smallest absolute Gasteiger partial charge is 0.203 e. The van der Waals surface area contributed by atoms with Crippen molar-refractivity contribution in [1.82, 2.24) is 14.5 Å². The molecule has 2 heterocycles. The second kappa shape index (κ2) is 6.33. The topological polar surface area (TPSA) is 52.0 Å². The number of ether oxygens (including phenoxy) is 1. The van der Waals surface area contributed by atoms with Crippen LogP contribution < -0.4 is 5.32 Å². The van der Waals surface area contributed by atoms with Gasteiger partial charge in [-0.3, -0.25) is 4.98 Å². The molecule has 0 radical (unpaired) electrons. The molecule has 2 aromatic rings. The first-order valence-electron chi connectivity index (χ1n) is 6.40. The summed E-state index contributed by atoms with van der Waals surface area (Å²) in [6.07, 6.45) is 7.40. The number of nitrogens with one attached hydrogen (secondary N) is 1. The van der Waals surface area contributed by atoms with Crippen LogP contribution in [0.5, 0.6) is 0 Å². The van der Waals surface area contributed by atoms with E-state index in [1.165, 1.54) is 5.56 Å². The Bertz CT molecular complexity index is 497. The van der Waals surface area contributed by atoms with Crippen molar-refractivity contribution < 1.29 is 4.74 Å². The minimum Gasteiger partial charge on any atom is -0.383 e. The van der Waals surface area contributed by atoms with Gasteiger partial charge in [0.05, 0.1) is 12.6 Å². The maximum Gasteiger partial charge on any atom is 0.203 e. The van der Waals surface area contributed by atoms with Crippen LogP contribution in [0.2, 0.25) is 0 Å². The number of imidazole rings is 1. The first-order chi connectivity index (χ1) is 9.22. The highest BCUT2D eigenvalue weighted by atomic mass is 16.5. The number of rotatable bonds is 6. The Morgan fingerprint density at radius 2 is 2.00 bits per heavy atom. The molecule has 2 aromatic heterocycles. The van der Waals surface area contributed by atoms with Crippen LogP contribution in [0.1, 0.15) is 25.5 Å². The largest absolute Gasteiger partial charge is 0.383 e. The highest BCUT2D eigenvalue weighted by molar-refractivity contribution is 5.31. The predicted octanol–water partition coefficient (Wildman–Crippen LogP) is 2.33. The lowest BCUT2D eigenvalue weighted by Crippen LogP contribution is -2.24. The number of nitrogens with zero attached hydrogens (tertiary/aromatic N) is 3. The second-order valence-corrected chi connectivity index (χ2v) is 4.62. The molecule has 0 spiro atoms. The van der Waals surface area contributed by atoms with Crippen molar-refractivity contribution in [1.29, 1.82) is 0 Å². The number of aromatic nitrogens is 3. The number of hydrogen-bond acceptors (Lipinski definition) is 4. The van der Waals surface area contributed by atoms with Gasteiger partial charge < -0.3 is 14.6 Å². The molecule has 1 N–H and O–H groups in total. The van der Waals surface area contributed by atoms with E-state index >= 15 is 0 Å². The van der Waals surface area contributed by atoms with Gasteiger partial charge in [-0.25, -0.2) is 4.98 Å². The van der Waals surface area contributed by atoms with E-state index in [-0.39, 0.29) is 12.1 Å². The summed E-state index contributed by atoms with van der Waals surface area (Å²) in [7, 11) is 1.70. The molecular formula is C14H20N4O. The number of pyridine rings is 1. The van der Waals surface area contributed by atoms with Gasteiger partial charge in [-0.2, -0.15) is 0 Å². The Morgan fingerprint density at radius 1 is 1.26 bits per heavy atom. The van der Waals surface area contributed by atoms with E-state index in [0.29, 0.717) is 6.61 Å². The molecule has 5 heteroatoms. The Kier molecular flexibility index (Phi) is 4.52. The van der Waals surface area contributed by atoms with Crippen molar-refractivity contribution in [3.05, 3.63) is 42.5 Å². The maximum atomic E-state index is 5.13. The Morgan fingerprint density at radius 3 is 2.68 bits per heavy atom. The quantitative estimate of drug-likeness (QED) is 0.866. The normalized spacial score (nSPS) is 14.1. The average Bonchev–Trinajstić information content (AvgIpc) is 2.87. The molecule has 102 valence electrons. The van der Waals surface area contributed by atoms with Gasteiger partial charge >= 0.3 is 0 Å². The van der Waals surface area contributed by atoms with E-state index in [0.717, 1.165) is 5.95 Å². The summed E-state index contributed by atoms with van der Waals surface area (Å²) >= 11 is 0. The van der Waals surface area contributed by atoms with Crippen molar-refractivity contribution >= 4 is 5.95 Å². The first-order valence-corrected chi connectivity index (χ1v) is 6.40. The molecule has 0 aliphatic carbocycles. The maximum absolute atomic E-state index is 5.13. The highest BCUT2D eigenvalue weighted by Gasteiger charge is 2.13. The summed E-state index contributed by atoms with van der Waals surface area (Å²) in [4.78, 5) is 8.41. The molecule has 19 heavy (non-hydrogen) atoms. The third-order valence-electron chi connectivity index (χ3n) is 3.07. The summed E-state index contributed by atoms with van der Waals surface area (Å²) in [5.74, 6) is 0.855. The van der Waals surface area contributed by atoms with E-state index in [9.17, 15) is 0 Å². The fourth-order valence-electron chi connectivity index (χ4n) is 2.05. The standard InChI is InChI=1S/C14H20N4O/c1-11(10-19-3)17-14-16-8-9-18(14)12(2)13-4-6-15-7-5-13/h4-9,11-12H,10H2,1-3H3,(H,16,17). The van der Waals surface area contributed by atoms with Crippen LogP contribution in [0, 0.1) is 0 Å². The molecule has 0 aliphatic rings. The average molecular weight is 260 g/mol.